The van der Waals surface area contributed by atoms with Gasteiger partial charge in [-0.15, -0.1) is 0 Å². The van der Waals surface area contributed by atoms with E-state index in [2.05, 4.69) is 21.3 Å². The summed E-state index contributed by atoms with van der Waals surface area (Å²) < 4.78 is 0. The van der Waals surface area contributed by atoms with Gasteiger partial charge in [-0.1, -0.05) is 56.3 Å². The highest BCUT2D eigenvalue weighted by atomic mass is 16.4. The fourth-order valence-corrected chi connectivity index (χ4v) is 4.69. The minimum atomic E-state index is -1.12. The van der Waals surface area contributed by atoms with Crippen LogP contribution in [0.3, 0.4) is 0 Å². The van der Waals surface area contributed by atoms with Gasteiger partial charge in [0, 0.05) is 12.1 Å². The number of benzene rings is 3. The number of rotatable bonds is 16. The van der Waals surface area contributed by atoms with Crippen LogP contribution in [0.1, 0.15) is 48.7 Å². The molecule has 3 rings (SSSR count). The highest BCUT2D eigenvalue weighted by Gasteiger charge is 2.31. The minimum Gasteiger partial charge on any atom is -0.508 e. The van der Waals surface area contributed by atoms with Crippen LogP contribution in [0.5, 0.6) is 5.75 Å². The maximum absolute atomic E-state index is 13.5. The SMILES string of the molecule is CC(C)[C@H](NC(=O)[C@H](C)N[C@@H](CCc1ccccc1)C(=O)O)C(=O)N[C@@H](Cc1ccc(O)cc1)C(=O)Nc1ccc(C(=O)O)cc1. The number of aromatic hydroxyl groups is 1. The maximum atomic E-state index is 13.5. The third kappa shape index (κ3) is 10.7. The fraction of sp³-hybridized carbons (Fsp3) is 0.324. The molecule has 0 saturated heterocycles. The number of carbonyl (C=O) groups excluding carboxylic acids is 3. The lowest BCUT2D eigenvalue weighted by molar-refractivity contribution is -0.140. The first kappa shape index (κ1) is 35.3. The number of aliphatic carboxylic acids is 1. The van der Waals surface area contributed by atoms with Gasteiger partial charge in [0.15, 0.2) is 0 Å². The van der Waals surface area contributed by atoms with Crippen LogP contribution in [0, 0.1) is 5.92 Å². The summed E-state index contributed by atoms with van der Waals surface area (Å²) in [6.07, 6.45) is 0.784. The normalized spacial score (nSPS) is 13.6. The van der Waals surface area contributed by atoms with Crippen LogP contribution in [0.2, 0.25) is 0 Å². The van der Waals surface area contributed by atoms with Gasteiger partial charge >= 0.3 is 11.9 Å². The average Bonchev–Trinajstić information content (AvgIpc) is 3.02. The van der Waals surface area contributed by atoms with Crippen molar-refractivity contribution >= 4 is 35.3 Å². The van der Waals surface area contributed by atoms with E-state index in [1.54, 1.807) is 26.0 Å². The number of carboxylic acids is 2. The Morgan fingerprint density at radius 2 is 1.33 bits per heavy atom. The third-order valence-corrected chi connectivity index (χ3v) is 7.36. The summed E-state index contributed by atoms with van der Waals surface area (Å²) >= 11 is 0. The molecule has 3 amide bonds. The Morgan fingerprint density at radius 3 is 1.89 bits per heavy atom. The van der Waals surface area contributed by atoms with Gasteiger partial charge in [-0.3, -0.25) is 24.5 Å². The molecule has 0 saturated carbocycles. The van der Waals surface area contributed by atoms with Crippen molar-refractivity contribution in [1.29, 1.82) is 0 Å². The number of hydrogen-bond acceptors (Lipinski definition) is 7. The molecule has 4 atom stereocenters. The monoisotopic (exact) mass is 632 g/mol. The number of phenols is 1. The Morgan fingerprint density at radius 1 is 0.696 bits per heavy atom. The number of aromatic carboxylic acids is 1. The predicted molar refractivity (Wildman–Crippen MR) is 171 cm³/mol. The summed E-state index contributed by atoms with van der Waals surface area (Å²) in [4.78, 5) is 63.2. The van der Waals surface area contributed by atoms with Crippen molar-refractivity contribution in [3.63, 3.8) is 0 Å². The number of hydrogen-bond donors (Lipinski definition) is 7. The third-order valence-electron chi connectivity index (χ3n) is 7.36. The van der Waals surface area contributed by atoms with Crippen LogP contribution in [-0.4, -0.2) is 69.1 Å². The first-order valence-electron chi connectivity index (χ1n) is 14.9. The highest BCUT2D eigenvalue weighted by Crippen LogP contribution is 2.15. The van der Waals surface area contributed by atoms with Crippen LogP contribution in [0.25, 0.3) is 0 Å². The molecular weight excluding hydrogens is 592 g/mol. The lowest BCUT2D eigenvalue weighted by atomic mass is 10.00. The van der Waals surface area contributed by atoms with Gasteiger partial charge in [0.2, 0.25) is 17.7 Å². The number of nitrogens with one attached hydrogen (secondary N) is 4. The average molecular weight is 633 g/mol. The molecule has 0 spiro atoms. The molecule has 0 fully saturated rings. The van der Waals surface area contributed by atoms with E-state index in [1.807, 2.05) is 30.3 Å². The Labute approximate surface area is 267 Å². The van der Waals surface area contributed by atoms with E-state index >= 15 is 0 Å². The molecule has 7 N–H and O–H groups in total. The molecular formula is C34H40N4O8. The highest BCUT2D eigenvalue weighted by molar-refractivity contribution is 5.99. The van der Waals surface area contributed by atoms with E-state index in [4.69, 9.17) is 5.11 Å². The second-order valence-corrected chi connectivity index (χ2v) is 11.3. The Bertz CT molecular complexity index is 1490. The second-order valence-electron chi connectivity index (χ2n) is 11.3. The molecule has 12 heteroatoms. The molecule has 0 unspecified atom stereocenters. The van der Waals surface area contributed by atoms with Gasteiger partial charge < -0.3 is 31.3 Å². The van der Waals surface area contributed by atoms with Crippen LogP contribution < -0.4 is 21.3 Å². The molecule has 0 radical (unpaired) electrons. The molecule has 244 valence electrons. The summed E-state index contributed by atoms with van der Waals surface area (Å²) in [6, 6.07) is 16.9. The molecule has 12 nitrogen and oxygen atoms in total. The van der Waals surface area contributed by atoms with E-state index in [-0.39, 0.29) is 24.2 Å². The predicted octanol–water partition coefficient (Wildman–Crippen LogP) is 2.96. The van der Waals surface area contributed by atoms with Crippen molar-refractivity contribution < 1.29 is 39.3 Å². The van der Waals surface area contributed by atoms with Crippen LogP contribution in [-0.2, 0) is 32.0 Å². The van der Waals surface area contributed by atoms with Gasteiger partial charge in [0.05, 0.1) is 11.6 Å². The first-order valence-corrected chi connectivity index (χ1v) is 14.9. The van der Waals surface area contributed by atoms with Crippen LogP contribution in [0.4, 0.5) is 5.69 Å². The molecule has 0 aliphatic carbocycles. The smallest absolute Gasteiger partial charge is 0.335 e. The van der Waals surface area contributed by atoms with Crippen molar-refractivity contribution in [3.8, 4) is 5.75 Å². The summed E-state index contributed by atoms with van der Waals surface area (Å²) in [6.45, 7) is 4.96. The summed E-state index contributed by atoms with van der Waals surface area (Å²) in [7, 11) is 0. The van der Waals surface area contributed by atoms with Gasteiger partial charge in [0.1, 0.15) is 23.9 Å². The van der Waals surface area contributed by atoms with Gasteiger partial charge in [-0.2, -0.15) is 0 Å². The van der Waals surface area contributed by atoms with Crippen molar-refractivity contribution in [2.45, 2.75) is 64.2 Å². The van der Waals surface area contributed by atoms with E-state index in [0.717, 1.165) is 5.56 Å². The standard InChI is InChI=1S/C34H40N4O8/c1-20(2)29(38-30(40)21(3)35-27(34(45)46)18-11-22-7-5-4-6-8-22)32(42)37-28(19-23-9-16-26(39)17-10-23)31(41)36-25-14-12-24(13-15-25)33(43)44/h4-10,12-17,20-21,27-29,35,39H,11,18-19H2,1-3H3,(H,36,41)(H,37,42)(H,38,40)(H,43,44)(H,45,46)/t21-,27-,28-,29-/m0/s1. The number of amides is 3. The summed E-state index contributed by atoms with van der Waals surface area (Å²) in [5.41, 5.74) is 1.95. The van der Waals surface area contributed by atoms with Crippen molar-refractivity contribution in [2.75, 3.05) is 5.32 Å². The Kier molecular flexibility index (Phi) is 12.8. The number of aryl methyl sites for hydroxylation is 1. The van der Waals surface area contributed by atoms with E-state index in [9.17, 15) is 34.2 Å². The van der Waals surface area contributed by atoms with Crippen molar-refractivity contribution in [2.24, 2.45) is 5.92 Å². The number of carboxylic acid groups (broad SMARTS) is 2. The Balaban J connectivity index is 1.71. The number of carbonyl (C=O) groups is 5. The molecule has 0 heterocycles. The quantitative estimate of drug-likeness (QED) is 0.124. The topological polar surface area (TPSA) is 194 Å². The second kappa shape index (κ2) is 16.7. The number of phenolic OH excluding ortho intramolecular Hbond substituents is 1. The van der Waals surface area contributed by atoms with Crippen molar-refractivity contribution in [1.82, 2.24) is 16.0 Å². The fourth-order valence-electron chi connectivity index (χ4n) is 4.69. The molecule has 3 aromatic rings. The van der Waals surface area contributed by atoms with Crippen LogP contribution >= 0.6 is 0 Å². The lowest BCUT2D eigenvalue weighted by Gasteiger charge is -2.27. The van der Waals surface area contributed by atoms with Gasteiger partial charge in [-0.25, -0.2) is 4.79 Å². The van der Waals surface area contributed by atoms with Crippen LogP contribution in [0.15, 0.2) is 78.9 Å². The summed E-state index contributed by atoms with van der Waals surface area (Å²) in [5.74, 6) is -4.39. The Hall–Kier alpha value is -5.23. The van der Waals surface area contributed by atoms with Gasteiger partial charge in [0.25, 0.3) is 0 Å². The minimum absolute atomic E-state index is 0.0304. The van der Waals surface area contributed by atoms with Crippen molar-refractivity contribution in [3.05, 3.63) is 95.6 Å². The number of anilines is 1. The molecule has 0 aromatic heterocycles. The largest absolute Gasteiger partial charge is 0.508 e. The maximum Gasteiger partial charge on any atom is 0.335 e. The zero-order valence-electron chi connectivity index (χ0n) is 25.9. The molecule has 0 aliphatic rings. The van der Waals surface area contributed by atoms with Gasteiger partial charge in [-0.05, 0) is 73.2 Å². The molecule has 0 aliphatic heterocycles. The zero-order chi connectivity index (χ0) is 33.8. The lowest BCUT2D eigenvalue weighted by Crippen LogP contribution is -2.58. The zero-order valence-corrected chi connectivity index (χ0v) is 25.9. The molecule has 46 heavy (non-hydrogen) atoms. The first-order chi connectivity index (χ1) is 21.8. The van der Waals surface area contributed by atoms with E-state index in [0.29, 0.717) is 17.7 Å². The van der Waals surface area contributed by atoms with E-state index in [1.165, 1.54) is 43.3 Å². The van der Waals surface area contributed by atoms with E-state index < -0.39 is 59.7 Å². The molecule has 0 bridgehead atoms. The molecule has 3 aromatic carbocycles. The summed E-state index contributed by atoms with van der Waals surface area (Å²) in [5, 5.41) is 39.5.